The Morgan fingerprint density at radius 3 is 2.50 bits per heavy atom. The molecule has 1 aromatic rings. The summed E-state index contributed by atoms with van der Waals surface area (Å²) < 4.78 is 40.0. The highest BCUT2D eigenvalue weighted by atomic mass is 32.2. The Kier molecular flexibility index (Phi) is 4.92. The Labute approximate surface area is 111 Å². The summed E-state index contributed by atoms with van der Waals surface area (Å²) in [5, 5.41) is 0. The zero-order valence-corrected chi connectivity index (χ0v) is 12.4. The summed E-state index contributed by atoms with van der Waals surface area (Å²) in [7, 11) is -0.506. The van der Waals surface area contributed by atoms with Crippen LogP contribution in [-0.4, -0.2) is 43.3 Å². The van der Waals surface area contributed by atoms with Crippen molar-refractivity contribution < 1.29 is 13.0 Å². The lowest BCUT2D eigenvalue weighted by Crippen LogP contribution is -2.22. The standard InChI is InChI=1S/C11H16N2O3S2/c1-9(12-17(4)14)10-6-5-7-11(8-10)18(15,16)13(2)3/h5-8H,1-4H3/b12-9+/t17-/m0/s1. The van der Waals surface area contributed by atoms with E-state index in [0.29, 0.717) is 11.3 Å². The Hall–Kier alpha value is -0.890. The molecular weight excluding hydrogens is 272 g/mol. The van der Waals surface area contributed by atoms with Crippen molar-refractivity contribution in [2.75, 3.05) is 20.4 Å². The van der Waals surface area contributed by atoms with Crippen LogP contribution in [0.1, 0.15) is 12.5 Å². The molecule has 0 radical (unpaired) electrons. The fourth-order valence-corrected chi connectivity index (χ4v) is 2.78. The second kappa shape index (κ2) is 5.83. The summed E-state index contributed by atoms with van der Waals surface area (Å²) in [6.45, 7) is 1.70. The molecule has 0 fully saturated rings. The van der Waals surface area contributed by atoms with E-state index in [9.17, 15) is 13.0 Å². The normalized spacial score (nSPS) is 14.9. The molecular formula is C11H16N2O3S2. The van der Waals surface area contributed by atoms with Crippen LogP contribution in [0.5, 0.6) is 0 Å². The first-order valence-electron chi connectivity index (χ1n) is 5.17. The van der Waals surface area contributed by atoms with Crippen LogP contribution in [0.15, 0.2) is 33.6 Å². The predicted octanol–water partition coefficient (Wildman–Crippen LogP) is 1.04. The topological polar surface area (TPSA) is 72.8 Å². The zero-order valence-electron chi connectivity index (χ0n) is 10.7. The lowest BCUT2D eigenvalue weighted by atomic mass is 10.1. The number of sulfonamides is 1. The van der Waals surface area contributed by atoms with Gasteiger partial charge in [-0.1, -0.05) is 16.5 Å². The highest BCUT2D eigenvalue weighted by Crippen LogP contribution is 2.15. The molecule has 0 spiro atoms. The van der Waals surface area contributed by atoms with E-state index in [1.54, 1.807) is 19.1 Å². The van der Waals surface area contributed by atoms with Crippen LogP contribution in [0.4, 0.5) is 0 Å². The molecule has 0 aliphatic rings. The molecule has 1 rings (SSSR count). The number of hydrogen-bond acceptors (Lipinski definition) is 4. The van der Waals surface area contributed by atoms with E-state index in [1.807, 2.05) is 0 Å². The third kappa shape index (κ3) is 3.55. The summed E-state index contributed by atoms with van der Waals surface area (Å²) in [6.07, 6.45) is 1.46. The second-order valence-electron chi connectivity index (χ2n) is 3.92. The highest BCUT2D eigenvalue weighted by Gasteiger charge is 2.17. The van der Waals surface area contributed by atoms with Crippen molar-refractivity contribution in [3.05, 3.63) is 29.8 Å². The molecule has 0 saturated carbocycles. The molecule has 0 saturated heterocycles. The third-order valence-corrected chi connectivity index (χ3v) is 4.64. The maximum Gasteiger partial charge on any atom is 0.242 e. The summed E-state index contributed by atoms with van der Waals surface area (Å²) in [5.74, 6) is 0. The zero-order chi connectivity index (χ0) is 13.9. The molecule has 0 bridgehead atoms. The number of benzene rings is 1. The molecule has 0 aromatic heterocycles. The lowest BCUT2D eigenvalue weighted by molar-refractivity contribution is 0.520. The van der Waals surface area contributed by atoms with Crippen molar-refractivity contribution in [1.29, 1.82) is 0 Å². The minimum Gasteiger partial charge on any atom is -0.592 e. The van der Waals surface area contributed by atoms with Gasteiger partial charge in [0, 0.05) is 19.7 Å². The number of hydrogen-bond donors (Lipinski definition) is 0. The third-order valence-electron chi connectivity index (χ3n) is 2.30. The van der Waals surface area contributed by atoms with Crippen molar-refractivity contribution >= 4 is 27.1 Å². The van der Waals surface area contributed by atoms with Crippen molar-refractivity contribution in [2.45, 2.75) is 11.8 Å². The van der Waals surface area contributed by atoms with Gasteiger partial charge in [-0.15, -0.1) is 0 Å². The van der Waals surface area contributed by atoms with Crippen molar-refractivity contribution in [3.63, 3.8) is 0 Å². The van der Waals surface area contributed by atoms with Gasteiger partial charge in [-0.05, 0) is 19.1 Å². The molecule has 0 aliphatic carbocycles. The molecule has 0 aliphatic heterocycles. The molecule has 0 unspecified atom stereocenters. The van der Waals surface area contributed by atoms with E-state index in [4.69, 9.17) is 0 Å². The summed E-state index contributed by atoms with van der Waals surface area (Å²) in [6, 6.07) is 6.43. The Morgan fingerprint density at radius 2 is 2.00 bits per heavy atom. The van der Waals surface area contributed by atoms with Crippen molar-refractivity contribution in [1.82, 2.24) is 4.31 Å². The van der Waals surface area contributed by atoms with Crippen LogP contribution >= 0.6 is 0 Å². The van der Waals surface area contributed by atoms with Gasteiger partial charge in [0.05, 0.1) is 22.0 Å². The molecule has 1 aromatic carbocycles. The van der Waals surface area contributed by atoms with Crippen LogP contribution in [0.3, 0.4) is 0 Å². The van der Waals surface area contributed by atoms with Gasteiger partial charge in [0.2, 0.25) is 10.0 Å². The Balaban J connectivity index is 3.23. The first-order valence-corrected chi connectivity index (χ1v) is 8.12. The molecule has 18 heavy (non-hydrogen) atoms. The van der Waals surface area contributed by atoms with E-state index in [-0.39, 0.29) is 4.90 Å². The van der Waals surface area contributed by atoms with Gasteiger partial charge in [0.1, 0.15) is 6.26 Å². The van der Waals surface area contributed by atoms with Crippen LogP contribution < -0.4 is 0 Å². The van der Waals surface area contributed by atoms with Gasteiger partial charge in [-0.3, -0.25) is 0 Å². The van der Waals surface area contributed by atoms with Gasteiger partial charge >= 0.3 is 0 Å². The average molecular weight is 288 g/mol. The summed E-state index contributed by atoms with van der Waals surface area (Å²) in [5.41, 5.74) is 1.19. The Morgan fingerprint density at radius 1 is 1.39 bits per heavy atom. The lowest BCUT2D eigenvalue weighted by Gasteiger charge is -2.12. The molecule has 0 amide bonds. The van der Waals surface area contributed by atoms with Gasteiger partial charge in [0.15, 0.2) is 0 Å². The second-order valence-corrected chi connectivity index (χ2v) is 7.10. The van der Waals surface area contributed by atoms with E-state index < -0.39 is 21.4 Å². The fourth-order valence-electron chi connectivity index (χ4n) is 1.34. The smallest absolute Gasteiger partial charge is 0.242 e. The largest absolute Gasteiger partial charge is 0.592 e. The average Bonchev–Trinajstić information content (AvgIpc) is 2.28. The van der Waals surface area contributed by atoms with Crippen LogP contribution in [0, 0.1) is 0 Å². The van der Waals surface area contributed by atoms with Gasteiger partial charge < -0.3 is 4.55 Å². The first-order chi connectivity index (χ1) is 8.25. The van der Waals surface area contributed by atoms with E-state index >= 15 is 0 Å². The van der Waals surface area contributed by atoms with Crippen LogP contribution in [0.2, 0.25) is 0 Å². The quantitative estimate of drug-likeness (QED) is 0.614. The molecule has 0 heterocycles. The Bertz CT molecular complexity index is 551. The summed E-state index contributed by atoms with van der Waals surface area (Å²) >= 11 is -1.30. The SMILES string of the molecule is C/C(=N\[S@+](C)[O-])c1cccc(S(=O)(=O)N(C)C)c1. The van der Waals surface area contributed by atoms with Gasteiger partial charge in [-0.25, -0.2) is 12.7 Å². The minimum atomic E-state index is -3.46. The van der Waals surface area contributed by atoms with Crippen LogP contribution in [-0.2, 0) is 21.4 Å². The molecule has 5 nitrogen and oxygen atoms in total. The van der Waals surface area contributed by atoms with E-state index in [1.165, 1.54) is 32.5 Å². The summed E-state index contributed by atoms with van der Waals surface area (Å²) in [4.78, 5) is 0.196. The molecule has 1 atom stereocenters. The minimum absolute atomic E-state index is 0.196. The van der Waals surface area contributed by atoms with Crippen molar-refractivity contribution in [3.8, 4) is 0 Å². The van der Waals surface area contributed by atoms with Crippen molar-refractivity contribution in [2.24, 2.45) is 4.40 Å². The van der Waals surface area contributed by atoms with Gasteiger partial charge in [-0.2, -0.15) is 0 Å². The monoisotopic (exact) mass is 288 g/mol. The van der Waals surface area contributed by atoms with E-state index in [0.717, 1.165) is 4.31 Å². The molecule has 7 heteroatoms. The van der Waals surface area contributed by atoms with Gasteiger partial charge in [0.25, 0.3) is 0 Å². The predicted molar refractivity (Wildman–Crippen MR) is 73.6 cm³/mol. The molecule has 100 valence electrons. The first kappa shape index (κ1) is 15.2. The highest BCUT2D eigenvalue weighted by molar-refractivity contribution is 7.89. The number of nitrogens with zero attached hydrogens (tertiary/aromatic N) is 2. The maximum absolute atomic E-state index is 12.0. The maximum atomic E-state index is 12.0. The van der Waals surface area contributed by atoms with E-state index in [2.05, 4.69) is 4.40 Å². The number of rotatable bonds is 4. The molecule has 0 N–H and O–H groups in total. The van der Waals surface area contributed by atoms with Crippen LogP contribution in [0.25, 0.3) is 0 Å². The fraction of sp³-hybridized carbons (Fsp3) is 0.364.